The highest BCUT2D eigenvalue weighted by atomic mass is 16.5. The van der Waals surface area contributed by atoms with Gasteiger partial charge in [-0.2, -0.15) is 0 Å². The first kappa shape index (κ1) is 19.3. The number of hydrogen-bond donors (Lipinski definition) is 0. The van der Waals surface area contributed by atoms with Crippen LogP contribution in [0.4, 0.5) is 0 Å². The summed E-state index contributed by atoms with van der Waals surface area (Å²) in [4.78, 5) is 0. The van der Waals surface area contributed by atoms with Crippen molar-refractivity contribution in [1.82, 2.24) is 0 Å². The Morgan fingerprint density at radius 3 is 1.57 bits per heavy atom. The molecule has 0 saturated heterocycles. The molecule has 2 rings (SSSR count). The van der Waals surface area contributed by atoms with Crippen LogP contribution in [0.1, 0.15) is 104 Å². The third-order valence-electron chi connectivity index (χ3n) is 6.69. The van der Waals surface area contributed by atoms with Crippen LogP contribution in [0.25, 0.3) is 0 Å². The molecule has 0 N–H and O–H groups in total. The van der Waals surface area contributed by atoms with E-state index in [9.17, 15) is 0 Å². The van der Waals surface area contributed by atoms with Gasteiger partial charge in [-0.1, -0.05) is 84.0 Å². The van der Waals surface area contributed by atoms with E-state index >= 15 is 0 Å². The van der Waals surface area contributed by atoms with Gasteiger partial charge in [-0.25, -0.2) is 0 Å². The van der Waals surface area contributed by atoms with Gasteiger partial charge >= 0.3 is 0 Å². The second-order valence-electron chi connectivity index (χ2n) is 8.51. The predicted octanol–water partition coefficient (Wildman–Crippen LogP) is 7.00. The molecule has 0 radical (unpaired) electrons. The quantitative estimate of drug-likeness (QED) is 0.393. The van der Waals surface area contributed by atoms with Crippen molar-refractivity contribution in [3.63, 3.8) is 0 Å². The molecule has 2 aliphatic rings. The van der Waals surface area contributed by atoms with E-state index in [1.165, 1.54) is 89.9 Å². The summed E-state index contributed by atoms with van der Waals surface area (Å²) in [5, 5.41) is 0. The molecular formula is C22H42O. The lowest BCUT2D eigenvalue weighted by Gasteiger charge is -2.32. The second kappa shape index (κ2) is 11.5. The Balaban J connectivity index is 1.51. The maximum Gasteiger partial charge on any atom is 0.0494 e. The fraction of sp³-hybridized carbons (Fsp3) is 1.00. The van der Waals surface area contributed by atoms with Crippen LogP contribution < -0.4 is 0 Å². The first-order valence-electron chi connectivity index (χ1n) is 10.9. The predicted molar refractivity (Wildman–Crippen MR) is 101 cm³/mol. The van der Waals surface area contributed by atoms with E-state index in [-0.39, 0.29) is 0 Å². The number of ether oxygens (including phenoxy) is 1. The van der Waals surface area contributed by atoms with Crippen molar-refractivity contribution in [3.05, 3.63) is 0 Å². The average Bonchev–Trinajstić information content (AvgIpc) is 2.60. The molecule has 0 aliphatic heterocycles. The summed E-state index contributed by atoms with van der Waals surface area (Å²) in [5.41, 5.74) is 0. The van der Waals surface area contributed by atoms with Crippen molar-refractivity contribution in [2.24, 2.45) is 23.7 Å². The molecule has 0 unspecified atom stereocenters. The molecule has 23 heavy (non-hydrogen) atoms. The third kappa shape index (κ3) is 7.59. The van der Waals surface area contributed by atoms with Gasteiger partial charge in [-0.05, 0) is 43.4 Å². The van der Waals surface area contributed by atoms with Gasteiger partial charge in [-0.3, -0.25) is 0 Å². The molecule has 1 heteroatoms. The smallest absolute Gasteiger partial charge is 0.0494 e. The van der Waals surface area contributed by atoms with Gasteiger partial charge in [0, 0.05) is 13.2 Å². The molecular weight excluding hydrogens is 280 g/mol. The SMILES string of the molecule is CCCCC[C@H]1CC[C@H](CCC2CCC(COCC)CC2)CC1. The average molecular weight is 323 g/mol. The van der Waals surface area contributed by atoms with Crippen LogP contribution in [0.15, 0.2) is 0 Å². The summed E-state index contributed by atoms with van der Waals surface area (Å²) in [6, 6.07) is 0. The highest BCUT2D eigenvalue weighted by molar-refractivity contribution is 4.76. The van der Waals surface area contributed by atoms with E-state index in [0.29, 0.717) is 0 Å². The van der Waals surface area contributed by atoms with Crippen molar-refractivity contribution < 1.29 is 4.74 Å². The summed E-state index contributed by atoms with van der Waals surface area (Å²) in [7, 11) is 0. The standard InChI is InChI=1S/C22H42O/c1-3-5-6-7-19-8-10-20(11-9-19)12-13-21-14-16-22(17-15-21)18-23-4-2/h19-22H,3-18H2,1-2H3/t19-,20-,21?,22?. The Morgan fingerprint density at radius 2 is 1.09 bits per heavy atom. The normalized spacial score (nSPS) is 32.1. The van der Waals surface area contributed by atoms with Crippen LogP contribution >= 0.6 is 0 Å². The van der Waals surface area contributed by atoms with Crippen LogP contribution in [0.5, 0.6) is 0 Å². The van der Waals surface area contributed by atoms with E-state index in [2.05, 4.69) is 13.8 Å². The molecule has 0 aromatic heterocycles. The van der Waals surface area contributed by atoms with Gasteiger partial charge in [-0.15, -0.1) is 0 Å². The maximum absolute atomic E-state index is 5.61. The molecule has 0 bridgehead atoms. The lowest BCUT2D eigenvalue weighted by molar-refractivity contribution is 0.0842. The van der Waals surface area contributed by atoms with Crippen molar-refractivity contribution in [3.8, 4) is 0 Å². The second-order valence-corrected chi connectivity index (χ2v) is 8.51. The minimum Gasteiger partial charge on any atom is -0.381 e. The molecule has 0 spiro atoms. The van der Waals surface area contributed by atoms with E-state index in [4.69, 9.17) is 4.74 Å². The zero-order valence-corrected chi connectivity index (χ0v) is 16.0. The van der Waals surface area contributed by atoms with E-state index in [1.54, 1.807) is 0 Å². The Morgan fingerprint density at radius 1 is 0.609 bits per heavy atom. The molecule has 2 fully saturated rings. The molecule has 2 saturated carbocycles. The van der Waals surface area contributed by atoms with E-state index in [1.807, 2.05) is 0 Å². The fourth-order valence-electron chi connectivity index (χ4n) is 4.93. The zero-order chi connectivity index (χ0) is 16.3. The third-order valence-corrected chi connectivity index (χ3v) is 6.69. The molecule has 0 aromatic carbocycles. The largest absolute Gasteiger partial charge is 0.381 e. The van der Waals surface area contributed by atoms with Gasteiger partial charge in [0.05, 0.1) is 0 Å². The fourth-order valence-corrected chi connectivity index (χ4v) is 4.93. The molecule has 0 heterocycles. The molecule has 0 amide bonds. The molecule has 0 atom stereocenters. The van der Waals surface area contributed by atoms with Gasteiger partial charge in [0.15, 0.2) is 0 Å². The Labute approximate surface area is 146 Å². The molecule has 136 valence electrons. The van der Waals surface area contributed by atoms with Crippen molar-refractivity contribution in [1.29, 1.82) is 0 Å². The number of hydrogen-bond acceptors (Lipinski definition) is 1. The van der Waals surface area contributed by atoms with Gasteiger partial charge < -0.3 is 4.74 Å². The number of unbranched alkanes of at least 4 members (excludes halogenated alkanes) is 2. The Kier molecular flexibility index (Phi) is 9.65. The van der Waals surface area contributed by atoms with Crippen molar-refractivity contribution >= 4 is 0 Å². The first-order valence-corrected chi connectivity index (χ1v) is 10.9. The minimum atomic E-state index is 0.866. The summed E-state index contributed by atoms with van der Waals surface area (Å²) >= 11 is 0. The highest BCUT2D eigenvalue weighted by Crippen LogP contribution is 2.37. The molecule has 0 aromatic rings. The van der Waals surface area contributed by atoms with Crippen LogP contribution in [-0.4, -0.2) is 13.2 Å². The summed E-state index contributed by atoms with van der Waals surface area (Å²) in [6.45, 7) is 6.34. The molecule has 1 nitrogen and oxygen atoms in total. The highest BCUT2D eigenvalue weighted by Gasteiger charge is 2.24. The van der Waals surface area contributed by atoms with E-state index in [0.717, 1.165) is 36.9 Å². The monoisotopic (exact) mass is 322 g/mol. The van der Waals surface area contributed by atoms with Crippen molar-refractivity contribution in [2.75, 3.05) is 13.2 Å². The Bertz CT molecular complexity index is 272. The lowest BCUT2D eigenvalue weighted by Crippen LogP contribution is -2.20. The lowest BCUT2D eigenvalue weighted by atomic mass is 9.75. The summed E-state index contributed by atoms with van der Waals surface area (Å²) < 4.78 is 5.61. The topological polar surface area (TPSA) is 9.23 Å². The van der Waals surface area contributed by atoms with Crippen LogP contribution in [0.2, 0.25) is 0 Å². The summed E-state index contributed by atoms with van der Waals surface area (Å²) in [5.74, 6) is 4.05. The van der Waals surface area contributed by atoms with Crippen LogP contribution in [0, 0.1) is 23.7 Å². The molecule has 2 aliphatic carbocycles. The van der Waals surface area contributed by atoms with Crippen LogP contribution in [-0.2, 0) is 4.74 Å². The van der Waals surface area contributed by atoms with Gasteiger partial charge in [0.2, 0.25) is 0 Å². The van der Waals surface area contributed by atoms with Gasteiger partial charge in [0.25, 0.3) is 0 Å². The van der Waals surface area contributed by atoms with E-state index < -0.39 is 0 Å². The summed E-state index contributed by atoms with van der Waals surface area (Å²) in [6.07, 6.45) is 20.8. The maximum atomic E-state index is 5.61. The Hall–Kier alpha value is -0.0400. The first-order chi connectivity index (χ1) is 11.3. The minimum absolute atomic E-state index is 0.866. The van der Waals surface area contributed by atoms with Crippen molar-refractivity contribution in [2.45, 2.75) is 104 Å². The van der Waals surface area contributed by atoms with Gasteiger partial charge in [0.1, 0.15) is 0 Å². The zero-order valence-electron chi connectivity index (χ0n) is 16.0. The van der Waals surface area contributed by atoms with Crippen LogP contribution in [0.3, 0.4) is 0 Å². The number of rotatable bonds is 10.